The largest absolute Gasteiger partial charge is 0.416 e. The lowest BCUT2D eigenvalue weighted by atomic mass is 9.90. The van der Waals surface area contributed by atoms with Crippen molar-refractivity contribution >= 4 is 11.6 Å². The van der Waals surface area contributed by atoms with Gasteiger partial charge in [-0.05, 0) is 31.0 Å². The Morgan fingerprint density at radius 2 is 1.90 bits per heavy atom. The van der Waals surface area contributed by atoms with E-state index >= 15 is 0 Å². The highest BCUT2D eigenvalue weighted by atomic mass is 19.4. The molecule has 0 aliphatic heterocycles. The second kappa shape index (κ2) is 5.93. The topological polar surface area (TPSA) is 81.1 Å². The van der Waals surface area contributed by atoms with Crippen LogP contribution in [0.2, 0.25) is 0 Å². The first-order chi connectivity index (χ1) is 9.79. The lowest BCUT2D eigenvalue weighted by Gasteiger charge is -2.30. The third-order valence-electron chi connectivity index (χ3n) is 3.77. The number of hydrogen-bond acceptors (Lipinski definition) is 3. The van der Waals surface area contributed by atoms with E-state index in [1.54, 1.807) is 0 Å². The van der Waals surface area contributed by atoms with Gasteiger partial charge in [-0.3, -0.25) is 4.79 Å². The predicted molar refractivity (Wildman–Crippen MR) is 73.8 cm³/mol. The van der Waals surface area contributed by atoms with E-state index in [1.807, 2.05) is 0 Å². The van der Waals surface area contributed by atoms with E-state index in [2.05, 4.69) is 5.32 Å². The molecule has 5 N–H and O–H groups in total. The molecule has 1 aromatic carbocycles. The first-order valence-electron chi connectivity index (χ1n) is 6.82. The van der Waals surface area contributed by atoms with Crippen LogP contribution in [0.15, 0.2) is 18.2 Å². The van der Waals surface area contributed by atoms with E-state index in [0.29, 0.717) is 5.69 Å². The molecule has 1 aliphatic carbocycles. The van der Waals surface area contributed by atoms with Gasteiger partial charge < -0.3 is 16.8 Å². The number of carbonyl (C=O) groups excluding carboxylic acids is 1. The molecule has 0 heterocycles. The molecule has 1 amide bonds. The Bertz CT molecular complexity index is 531. The van der Waals surface area contributed by atoms with Gasteiger partial charge in [0.15, 0.2) is 0 Å². The van der Waals surface area contributed by atoms with Crippen molar-refractivity contribution in [2.45, 2.75) is 43.9 Å². The van der Waals surface area contributed by atoms with Gasteiger partial charge in [0.05, 0.1) is 11.1 Å². The summed E-state index contributed by atoms with van der Waals surface area (Å²) in [6, 6.07) is 2.81. The number of halogens is 3. The molecule has 0 aromatic heterocycles. The zero-order valence-corrected chi connectivity index (χ0v) is 11.4. The Hall–Kier alpha value is -1.76. The number of anilines is 1. The van der Waals surface area contributed by atoms with Crippen LogP contribution in [-0.4, -0.2) is 18.0 Å². The molecule has 0 radical (unpaired) electrons. The normalized spacial score (nSPS) is 22.9. The smallest absolute Gasteiger partial charge is 0.380 e. The first-order valence-corrected chi connectivity index (χ1v) is 6.82. The summed E-state index contributed by atoms with van der Waals surface area (Å²) in [5.74, 6) is -0.895. The number of rotatable bonds is 3. The van der Waals surface area contributed by atoms with Crippen molar-refractivity contribution in [3.05, 3.63) is 29.3 Å². The Balaban J connectivity index is 2.28. The molecule has 4 nitrogen and oxygen atoms in total. The fourth-order valence-electron chi connectivity index (χ4n) is 2.59. The van der Waals surface area contributed by atoms with Crippen LogP contribution in [-0.2, 0) is 6.18 Å². The average Bonchev–Trinajstić information content (AvgIpc) is 2.40. The monoisotopic (exact) mass is 301 g/mol. The van der Waals surface area contributed by atoms with E-state index in [0.717, 1.165) is 37.8 Å². The van der Waals surface area contributed by atoms with Gasteiger partial charge in [0.2, 0.25) is 0 Å². The Morgan fingerprint density at radius 3 is 2.48 bits per heavy atom. The highest BCUT2D eigenvalue weighted by Gasteiger charge is 2.32. The number of benzene rings is 1. The maximum absolute atomic E-state index is 12.7. The molecule has 116 valence electrons. The van der Waals surface area contributed by atoms with Crippen molar-refractivity contribution in [3.63, 3.8) is 0 Å². The molecular formula is C14H18F3N3O. The van der Waals surface area contributed by atoms with E-state index < -0.39 is 17.6 Å². The molecule has 1 fully saturated rings. The van der Waals surface area contributed by atoms with Crippen LogP contribution in [0, 0.1) is 0 Å². The van der Waals surface area contributed by atoms with Gasteiger partial charge in [-0.25, -0.2) is 0 Å². The van der Waals surface area contributed by atoms with Gasteiger partial charge in [-0.15, -0.1) is 0 Å². The molecule has 1 aliphatic rings. The van der Waals surface area contributed by atoms with Crippen molar-refractivity contribution in [1.29, 1.82) is 0 Å². The van der Waals surface area contributed by atoms with Gasteiger partial charge >= 0.3 is 6.18 Å². The second-order valence-electron chi connectivity index (χ2n) is 5.32. The van der Waals surface area contributed by atoms with Crippen LogP contribution in [0.4, 0.5) is 18.9 Å². The molecule has 21 heavy (non-hydrogen) atoms. The van der Waals surface area contributed by atoms with E-state index in [-0.39, 0.29) is 17.6 Å². The zero-order valence-electron chi connectivity index (χ0n) is 11.4. The van der Waals surface area contributed by atoms with Crippen LogP contribution in [0.5, 0.6) is 0 Å². The highest BCUT2D eigenvalue weighted by Crippen LogP contribution is 2.32. The summed E-state index contributed by atoms with van der Waals surface area (Å²) < 4.78 is 38.1. The number of amides is 1. The summed E-state index contributed by atoms with van der Waals surface area (Å²) in [6.45, 7) is 0. The number of primary amides is 1. The predicted octanol–water partition coefficient (Wildman–Crippen LogP) is 2.49. The first kappa shape index (κ1) is 15.6. The Labute approximate surface area is 120 Å². The number of carbonyl (C=O) groups is 1. The fraction of sp³-hybridized carbons (Fsp3) is 0.500. The summed E-state index contributed by atoms with van der Waals surface area (Å²) >= 11 is 0. The van der Waals surface area contributed by atoms with Gasteiger partial charge in [0.1, 0.15) is 0 Å². The van der Waals surface area contributed by atoms with E-state index in [4.69, 9.17) is 11.5 Å². The van der Waals surface area contributed by atoms with Gasteiger partial charge in [-0.1, -0.05) is 12.8 Å². The molecular weight excluding hydrogens is 283 g/mol. The number of nitrogens with two attached hydrogens (primary N) is 2. The second-order valence-corrected chi connectivity index (χ2v) is 5.32. The summed E-state index contributed by atoms with van der Waals surface area (Å²) in [5, 5.41) is 3.07. The molecule has 0 saturated heterocycles. The summed E-state index contributed by atoms with van der Waals surface area (Å²) in [4.78, 5) is 11.4. The van der Waals surface area contributed by atoms with Crippen molar-refractivity contribution in [2.24, 2.45) is 11.5 Å². The molecule has 0 spiro atoms. The molecule has 2 rings (SSSR count). The van der Waals surface area contributed by atoms with Crippen molar-refractivity contribution < 1.29 is 18.0 Å². The summed E-state index contributed by atoms with van der Waals surface area (Å²) in [5.41, 5.74) is 10.4. The standard InChI is InChI=1S/C14H18F3N3O/c15-14(16,17)8-5-6-11(9(7-8)13(19)21)20-12-4-2-1-3-10(12)18/h5-7,10,12,20H,1-4,18H2,(H2,19,21). The summed E-state index contributed by atoms with van der Waals surface area (Å²) in [6.07, 6.45) is -0.804. The van der Waals surface area contributed by atoms with Gasteiger partial charge in [0, 0.05) is 17.8 Å². The van der Waals surface area contributed by atoms with Crippen LogP contribution < -0.4 is 16.8 Å². The molecule has 1 saturated carbocycles. The SMILES string of the molecule is NC(=O)c1cc(C(F)(F)F)ccc1NC1CCCCC1N. The Kier molecular flexibility index (Phi) is 4.41. The minimum absolute atomic E-state index is 0.0615. The fourth-order valence-corrected chi connectivity index (χ4v) is 2.59. The highest BCUT2D eigenvalue weighted by molar-refractivity contribution is 5.98. The number of hydrogen-bond donors (Lipinski definition) is 3. The minimum Gasteiger partial charge on any atom is -0.380 e. The third-order valence-corrected chi connectivity index (χ3v) is 3.77. The van der Waals surface area contributed by atoms with Crippen molar-refractivity contribution in [1.82, 2.24) is 0 Å². The summed E-state index contributed by atoms with van der Waals surface area (Å²) in [7, 11) is 0. The van der Waals surface area contributed by atoms with Crippen LogP contribution in [0.1, 0.15) is 41.6 Å². The van der Waals surface area contributed by atoms with E-state index in [1.165, 1.54) is 6.07 Å². The maximum Gasteiger partial charge on any atom is 0.416 e. The maximum atomic E-state index is 12.7. The number of alkyl halides is 3. The Morgan fingerprint density at radius 1 is 1.24 bits per heavy atom. The van der Waals surface area contributed by atoms with Crippen LogP contribution >= 0.6 is 0 Å². The van der Waals surface area contributed by atoms with Gasteiger partial charge in [0.25, 0.3) is 5.91 Å². The zero-order chi connectivity index (χ0) is 15.6. The molecule has 7 heteroatoms. The van der Waals surface area contributed by atoms with Crippen molar-refractivity contribution in [3.8, 4) is 0 Å². The minimum atomic E-state index is -4.51. The quantitative estimate of drug-likeness (QED) is 0.802. The lowest BCUT2D eigenvalue weighted by molar-refractivity contribution is -0.137. The van der Waals surface area contributed by atoms with E-state index in [9.17, 15) is 18.0 Å². The molecule has 2 atom stereocenters. The third kappa shape index (κ3) is 3.66. The molecule has 0 bridgehead atoms. The van der Waals surface area contributed by atoms with Gasteiger partial charge in [-0.2, -0.15) is 13.2 Å². The van der Waals surface area contributed by atoms with Crippen molar-refractivity contribution in [2.75, 3.05) is 5.32 Å². The average molecular weight is 301 g/mol. The lowest BCUT2D eigenvalue weighted by Crippen LogP contribution is -2.43. The molecule has 1 aromatic rings. The molecule has 2 unspecified atom stereocenters. The number of nitrogens with one attached hydrogen (secondary N) is 1. The van der Waals surface area contributed by atoms with Crippen LogP contribution in [0.25, 0.3) is 0 Å². The van der Waals surface area contributed by atoms with Crippen LogP contribution in [0.3, 0.4) is 0 Å².